The molecule has 184 valence electrons. The molecule has 1 saturated carbocycles. The highest BCUT2D eigenvalue weighted by Crippen LogP contribution is 2.52. The third kappa shape index (κ3) is 5.56. The van der Waals surface area contributed by atoms with Crippen molar-refractivity contribution in [3.8, 4) is 0 Å². The zero-order valence-corrected chi connectivity index (χ0v) is 23.1. The Balaban J connectivity index is 3.19. The van der Waals surface area contributed by atoms with E-state index in [-0.39, 0.29) is 25.6 Å². The molecule has 1 aliphatic rings. The molecule has 6 heteroatoms. The molecule has 1 fully saturated rings. The van der Waals surface area contributed by atoms with Gasteiger partial charge in [0.05, 0.1) is 24.2 Å². The van der Waals surface area contributed by atoms with E-state index in [0.717, 1.165) is 12.8 Å². The van der Waals surface area contributed by atoms with Gasteiger partial charge in [0, 0.05) is 6.42 Å². The molecule has 0 aromatic carbocycles. The van der Waals surface area contributed by atoms with Crippen LogP contribution in [0.4, 0.5) is 0 Å². The second-order valence-electron chi connectivity index (χ2n) is 12.4. The summed E-state index contributed by atoms with van der Waals surface area (Å²) in [5.41, 5.74) is -2.71. The second kappa shape index (κ2) is 9.82. The van der Waals surface area contributed by atoms with Crippen molar-refractivity contribution in [2.75, 3.05) is 13.2 Å². The molecular formula is C25H50O5Si. The van der Waals surface area contributed by atoms with Gasteiger partial charge >= 0.3 is 5.97 Å². The van der Waals surface area contributed by atoms with Crippen molar-refractivity contribution in [3.05, 3.63) is 0 Å². The van der Waals surface area contributed by atoms with Crippen LogP contribution in [-0.4, -0.2) is 48.9 Å². The summed E-state index contributed by atoms with van der Waals surface area (Å²) in [6.45, 7) is 23.0. The van der Waals surface area contributed by atoms with Gasteiger partial charge in [0.2, 0.25) is 0 Å². The Hall–Kier alpha value is -0.433. The van der Waals surface area contributed by atoms with E-state index in [2.05, 4.69) is 41.5 Å². The van der Waals surface area contributed by atoms with E-state index in [1.54, 1.807) is 0 Å². The van der Waals surface area contributed by atoms with Crippen molar-refractivity contribution in [3.63, 3.8) is 0 Å². The lowest BCUT2D eigenvalue weighted by atomic mass is 9.57. The maximum absolute atomic E-state index is 12.2. The SMILES string of the molecule is CC(C)[Si](OC[C@@]1(O)C(C)(C)CCC[C@@]1(O)CCOC(=O)C(C)(C)C)(C(C)C)C(C)C. The smallest absolute Gasteiger partial charge is 0.311 e. The van der Waals surface area contributed by atoms with Crippen LogP contribution in [0.15, 0.2) is 0 Å². The van der Waals surface area contributed by atoms with Crippen LogP contribution in [-0.2, 0) is 14.0 Å². The topological polar surface area (TPSA) is 76.0 Å². The van der Waals surface area contributed by atoms with Gasteiger partial charge < -0.3 is 19.4 Å². The maximum atomic E-state index is 12.2. The number of hydrogen-bond acceptors (Lipinski definition) is 5. The van der Waals surface area contributed by atoms with Crippen LogP contribution in [0, 0.1) is 10.8 Å². The lowest BCUT2D eigenvalue weighted by Crippen LogP contribution is -2.68. The summed E-state index contributed by atoms with van der Waals surface area (Å²) in [5, 5.41) is 23.8. The van der Waals surface area contributed by atoms with Crippen molar-refractivity contribution in [1.29, 1.82) is 0 Å². The fraction of sp³-hybridized carbons (Fsp3) is 0.960. The zero-order valence-electron chi connectivity index (χ0n) is 22.1. The highest BCUT2D eigenvalue weighted by Gasteiger charge is 2.61. The number of aliphatic hydroxyl groups is 2. The molecule has 1 rings (SSSR count). The first-order chi connectivity index (χ1) is 13.9. The van der Waals surface area contributed by atoms with Crippen molar-refractivity contribution in [2.45, 2.75) is 130 Å². The summed E-state index contributed by atoms with van der Waals surface area (Å²) in [5.74, 6) is -0.295. The van der Waals surface area contributed by atoms with Crippen LogP contribution in [0.2, 0.25) is 16.6 Å². The predicted octanol–water partition coefficient (Wildman–Crippen LogP) is 5.83. The van der Waals surface area contributed by atoms with Crippen LogP contribution in [0.5, 0.6) is 0 Å². The molecule has 31 heavy (non-hydrogen) atoms. The van der Waals surface area contributed by atoms with Gasteiger partial charge in [-0.3, -0.25) is 4.79 Å². The molecule has 0 saturated heterocycles. The van der Waals surface area contributed by atoms with E-state index in [1.807, 2.05) is 34.6 Å². The van der Waals surface area contributed by atoms with Gasteiger partial charge in [0.15, 0.2) is 8.32 Å². The standard InChI is InChI=1S/C25H50O5Si/c1-18(2)31(19(3)4,20(5)6)30-17-25(28)23(10,11)13-12-14-24(25,27)15-16-29-21(26)22(7,8)9/h18-20,27-28H,12-17H2,1-11H3/t24-,25-/m1/s1. The summed E-state index contributed by atoms with van der Waals surface area (Å²) >= 11 is 0. The fourth-order valence-corrected chi connectivity index (χ4v) is 11.2. The first-order valence-electron chi connectivity index (χ1n) is 12.1. The Morgan fingerprint density at radius 3 is 1.87 bits per heavy atom. The van der Waals surface area contributed by atoms with Crippen molar-refractivity contribution in [1.82, 2.24) is 0 Å². The molecule has 0 unspecified atom stereocenters. The fourth-order valence-electron chi connectivity index (χ4n) is 5.79. The van der Waals surface area contributed by atoms with Crippen LogP contribution in [0.3, 0.4) is 0 Å². The first kappa shape index (κ1) is 28.6. The summed E-state index contributed by atoms with van der Waals surface area (Å²) in [4.78, 5) is 12.2. The molecular weight excluding hydrogens is 408 g/mol. The molecule has 0 aliphatic heterocycles. The van der Waals surface area contributed by atoms with Gasteiger partial charge in [-0.1, -0.05) is 55.4 Å². The minimum Gasteiger partial charge on any atom is -0.465 e. The van der Waals surface area contributed by atoms with Crippen molar-refractivity contribution >= 4 is 14.3 Å². The van der Waals surface area contributed by atoms with Crippen LogP contribution < -0.4 is 0 Å². The molecule has 2 N–H and O–H groups in total. The van der Waals surface area contributed by atoms with Gasteiger partial charge in [-0.25, -0.2) is 0 Å². The minimum absolute atomic E-state index is 0.0894. The molecule has 0 aromatic rings. The van der Waals surface area contributed by atoms with E-state index in [9.17, 15) is 15.0 Å². The first-order valence-corrected chi connectivity index (χ1v) is 14.3. The van der Waals surface area contributed by atoms with Gasteiger partial charge in [-0.2, -0.15) is 0 Å². The van der Waals surface area contributed by atoms with E-state index < -0.39 is 30.3 Å². The van der Waals surface area contributed by atoms with E-state index in [1.165, 1.54) is 0 Å². The summed E-state index contributed by atoms with van der Waals surface area (Å²) in [6.07, 6.45) is 2.32. The molecule has 0 amide bonds. The van der Waals surface area contributed by atoms with Gasteiger partial charge in [0.25, 0.3) is 0 Å². The van der Waals surface area contributed by atoms with Crippen molar-refractivity contribution < 1.29 is 24.2 Å². The number of carbonyl (C=O) groups is 1. The number of carbonyl (C=O) groups excluding carboxylic acids is 1. The molecule has 0 aromatic heterocycles. The van der Waals surface area contributed by atoms with E-state index in [0.29, 0.717) is 23.0 Å². The molecule has 0 radical (unpaired) electrons. The van der Waals surface area contributed by atoms with Crippen LogP contribution in [0.1, 0.15) is 102 Å². The van der Waals surface area contributed by atoms with Crippen LogP contribution in [0.25, 0.3) is 0 Å². The maximum Gasteiger partial charge on any atom is 0.311 e. The number of rotatable bonds is 9. The Morgan fingerprint density at radius 1 is 0.968 bits per heavy atom. The lowest BCUT2D eigenvalue weighted by Gasteiger charge is -2.57. The third-order valence-corrected chi connectivity index (χ3v) is 13.9. The van der Waals surface area contributed by atoms with Gasteiger partial charge in [-0.05, 0) is 62.1 Å². The summed E-state index contributed by atoms with van der Waals surface area (Å²) in [7, 11) is -2.21. The number of ether oxygens (including phenoxy) is 1. The highest BCUT2D eigenvalue weighted by atomic mass is 28.4. The summed E-state index contributed by atoms with van der Waals surface area (Å²) in [6, 6.07) is 0. The monoisotopic (exact) mass is 458 g/mol. The number of hydrogen-bond donors (Lipinski definition) is 2. The van der Waals surface area contributed by atoms with E-state index in [4.69, 9.17) is 9.16 Å². The Kier molecular flexibility index (Phi) is 9.06. The summed E-state index contributed by atoms with van der Waals surface area (Å²) < 4.78 is 12.2. The third-order valence-electron chi connectivity index (χ3n) is 7.88. The normalized spacial score (nSPS) is 27.2. The molecule has 0 heterocycles. The second-order valence-corrected chi connectivity index (χ2v) is 17.8. The van der Waals surface area contributed by atoms with Crippen LogP contribution >= 0.6 is 0 Å². The Bertz CT molecular complexity index is 586. The average molecular weight is 459 g/mol. The minimum atomic E-state index is -2.21. The average Bonchev–Trinajstić information content (AvgIpc) is 2.58. The molecule has 0 bridgehead atoms. The largest absolute Gasteiger partial charge is 0.465 e. The van der Waals surface area contributed by atoms with Crippen molar-refractivity contribution in [2.24, 2.45) is 10.8 Å². The molecule has 5 nitrogen and oxygen atoms in total. The molecule has 0 spiro atoms. The number of esters is 1. The van der Waals surface area contributed by atoms with Gasteiger partial charge in [0.1, 0.15) is 5.60 Å². The van der Waals surface area contributed by atoms with E-state index >= 15 is 0 Å². The van der Waals surface area contributed by atoms with Gasteiger partial charge in [-0.15, -0.1) is 0 Å². The lowest BCUT2D eigenvalue weighted by molar-refractivity contribution is -0.250. The Labute approximate surface area is 192 Å². The molecule has 2 atom stereocenters. The Morgan fingerprint density at radius 2 is 1.45 bits per heavy atom. The zero-order chi connectivity index (χ0) is 24.5. The highest BCUT2D eigenvalue weighted by molar-refractivity contribution is 6.77. The predicted molar refractivity (Wildman–Crippen MR) is 130 cm³/mol. The quantitative estimate of drug-likeness (QED) is 0.336. The molecule has 1 aliphatic carbocycles.